The van der Waals surface area contributed by atoms with E-state index in [9.17, 15) is 5.11 Å². The Hall–Kier alpha value is -1.14. The van der Waals surface area contributed by atoms with Gasteiger partial charge in [0.2, 0.25) is 17.2 Å². The van der Waals surface area contributed by atoms with Crippen LogP contribution in [0.3, 0.4) is 0 Å². The molecule has 0 fully saturated rings. The van der Waals surface area contributed by atoms with Gasteiger partial charge in [-0.1, -0.05) is 6.92 Å². The van der Waals surface area contributed by atoms with Crippen molar-refractivity contribution in [1.29, 1.82) is 0 Å². The van der Waals surface area contributed by atoms with Gasteiger partial charge in [0.15, 0.2) is 0 Å². The van der Waals surface area contributed by atoms with Gasteiger partial charge in [-0.15, -0.1) is 0 Å². The van der Waals surface area contributed by atoms with E-state index in [0.717, 1.165) is 0 Å². The van der Waals surface area contributed by atoms with E-state index in [4.69, 9.17) is 11.6 Å². The normalized spacial score (nSPS) is 12.3. The molecule has 0 aliphatic rings. The Kier molecular flexibility index (Phi) is 4.51. The second kappa shape index (κ2) is 5.67. The Morgan fingerprint density at radius 1 is 1.33 bits per heavy atom. The first-order valence-corrected chi connectivity index (χ1v) is 5.04. The number of anilines is 2. The molecule has 7 heteroatoms. The number of rotatable bonds is 5. The maximum atomic E-state index is 9.33. The molecule has 1 aromatic rings. The fourth-order valence-corrected chi connectivity index (χ4v) is 1.05. The van der Waals surface area contributed by atoms with Crippen LogP contribution in [-0.2, 0) is 0 Å². The quantitative estimate of drug-likeness (QED) is 0.694. The van der Waals surface area contributed by atoms with E-state index in [1.807, 2.05) is 6.92 Å². The smallest absolute Gasteiger partial charge is 0.228 e. The summed E-state index contributed by atoms with van der Waals surface area (Å²) in [6.07, 6.45) is 0.253. The predicted molar refractivity (Wildman–Crippen MR) is 59.2 cm³/mol. The first-order valence-electron chi connectivity index (χ1n) is 4.67. The van der Waals surface area contributed by atoms with Crippen molar-refractivity contribution in [2.75, 3.05) is 24.2 Å². The van der Waals surface area contributed by atoms with Gasteiger partial charge in [-0.25, -0.2) is 0 Å². The lowest BCUT2D eigenvalue weighted by Gasteiger charge is -2.09. The maximum Gasteiger partial charge on any atom is 0.228 e. The highest BCUT2D eigenvalue weighted by molar-refractivity contribution is 6.28. The molecule has 3 N–H and O–H groups in total. The summed E-state index contributed by atoms with van der Waals surface area (Å²) in [5.74, 6) is 0.746. The van der Waals surface area contributed by atoms with Gasteiger partial charge in [0.05, 0.1) is 6.10 Å². The van der Waals surface area contributed by atoms with Crippen molar-refractivity contribution >= 4 is 23.5 Å². The monoisotopic (exact) mass is 231 g/mol. The van der Waals surface area contributed by atoms with E-state index in [0.29, 0.717) is 24.9 Å². The van der Waals surface area contributed by atoms with Gasteiger partial charge in [0, 0.05) is 13.6 Å². The lowest BCUT2D eigenvalue weighted by atomic mass is 10.3. The van der Waals surface area contributed by atoms with Crippen LogP contribution in [0, 0.1) is 0 Å². The highest BCUT2D eigenvalue weighted by Crippen LogP contribution is 2.08. The first kappa shape index (κ1) is 11.9. The van der Waals surface area contributed by atoms with Gasteiger partial charge in [-0.05, 0) is 18.0 Å². The van der Waals surface area contributed by atoms with Crippen LogP contribution in [0.25, 0.3) is 0 Å². The number of aliphatic hydroxyl groups excluding tert-OH is 1. The summed E-state index contributed by atoms with van der Waals surface area (Å²) in [4.78, 5) is 11.7. The molecule has 0 aliphatic carbocycles. The Morgan fingerprint density at radius 3 is 2.60 bits per heavy atom. The zero-order chi connectivity index (χ0) is 11.3. The summed E-state index contributed by atoms with van der Waals surface area (Å²) < 4.78 is 0. The van der Waals surface area contributed by atoms with Crippen LogP contribution in [-0.4, -0.2) is 39.8 Å². The van der Waals surface area contributed by atoms with Crippen LogP contribution in [0.4, 0.5) is 11.9 Å². The van der Waals surface area contributed by atoms with Crippen molar-refractivity contribution in [2.45, 2.75) is 19.4 Å². The molecule has 0 bridgehead atoms. The fourth-order valence-electron chi connectivity index (χ4n) is 0.894. The van der Waals surface area contributed by atoms with Crippen molar-refractivity contribution in [3.63, 3.8) is 0 Å². The van der Waals surface area contributed by atoms with Gasteiger partial charge >= 0.3 is 0 Å². The average molecular weight is 232 g/mol. The molecule has 84 valence electrons. The number of nitrogens with one attached hydrogen (secondary N) is 2. The molecular formula is C8H14ClN5O. The summed E-state index contributed by atoms with van der Waals surface area (Å²) in [5, 5.41) is 15.1. The third-order valence-corrected chi connectivity index (χ3v) is 1.97. The number of hydrogen-bond acceptors (Lipinski definition) is 6. The number of halogens is 1. The van der Waals surface area contributed by atoms with Crippen LogP contribution in [0.5, 0.6) is 0 Å². The molecule has 0 amide bonds. The molecule has 1 unspecified atom stereocenters. The van der Waals surface area contributed by atoms with E-state index in [1.54, 1.807) is 7.05 Å². The molecule has 1 aromatic heterocycles. The Balaban J connectivity index is 2.64. The predicted octanol–water partition coefficient (Wildman–Crippen LogP) is 0.750. The number of aliphatic hydroxyl groups is 1. The van der Waals surface area contributed by atoms with Gasteiger partial charge in [0.1, 0.15) is 0 Å². The highest BCUT2D eigenvalue weighted by Gasteiger charge is 2.05. The van der Waals surface area contributed by atoms with E-state index >= 15 is 0 Å². The van der Waals surface area contributed by atoms with Crippen molar-refractivity contribution in [3.05, 3.63) is 5.28 Å². The van der Waals surface area contributed by atoms with Crippen LogP contribution in [0.15, 0.2) is 0 Å². The summed E-state index contributed by atoms with van der Waals surface area (Å²) in [5.41, 5.74) is 0. The van der Waals surface area contributed by atoms with Crippen molar-refractivity contribution in [1.82, 2.24) is 15.0 Å². The zero-order valence-corrected chi connectivity index (χ0v) is 9.41. The Bertz CT molecular complexity index is 322. The molecule has 1 heterocycles. The molecule has 0 radical (unpaired) electrons. The molecule has 0 saturated heterocycles. The van der Waals surface area contributed by atoms with Crippen molar-refractivity contribution in [2.24, 2.45) is 0 Å². The van der Waals surface area contributed by atoms with Gasteiger partial charge < -0.3 is 15.7 Å². The third kappa shape index (κ3) is 3.85. The Labute approximate surface area is 93.1 Å². The number of hydrogen-bond donors (Lipinski definition) is 3. The summed E-state index contributed by atoms with van der Waals surface area (Å²) in [7, 11) is 1.69. The summed E-state index contributed by atoms with van der Waals surface area (Å²) in [6.45, 7) is 2.28. The third-order valence-electron chi connectivity index (χ3n) is 1.80. The fraction of sp³-hybridized carbons (Fsp3) is 0.625. The molecule has 1 atom stereocenters. The Morgan fingerprint density at radius 2 is 2.00 bits per heavy atom. The minimum Gasteiger partial charge on any atom is -0.391 e. The standard InChI is InChI=1S/C8H14ClN5O/c1-3-5(15)4-11-8-13-6(9)12-7(10-2)14-8/h5,15H,3-4H2,1-2H3,(H2,10,11,12,13,14). The van der Waals surface area contributed by atoms with E-state index in [1.165, 1.54) is 0 Å². The van der Waals surface area contributed by atoms with Crippen molar-refractivity contribution in [3.8, 4) is 0 Å². The van der Waals surface area contributed by atoms with E-state index < -0.39 is 6.10 Å². The number of nitrogens with zero attached hydrogens (tertiary/aromatic N) is 3. The van der Waals surface area contributed by atoms with Crippen LogP contribution in [0.1, 0.15) is 13.3 Å². The zero-order valence-electron chi connectivity index (χ0n) is 8.66. The summed E-state index contributed by atoms with van der Waals surface area (Å²) in [6, 6.07) is 0. The van der Waals surface area contributed by atoms with E-state index in [-0.39, 0.29) is 5.28 Å². The van der Waals surface area contributed by atoms with Gasteiger partial charge in [-0.2, -0.15) is 15.0 Å². The highest BCUT2D eigenvalue weighted by atomic mass is 35.5. The number of aromatic nitrogens is 3. The molecule has 6 nitrogen and oxygen atoms in total. The second-order valence-electron chi connectivity index (χ2n) is 2.94. The minimum atomic E-state index is -0.418. The summed E-state index contributed by atoms with van der Waals surface area (Å²) >= 11 is 5.67. The minimum absolute atomic E-state index is 0.114. The topological polar surface area (TPSA) is 83.0 Å². The van der Waals surface area contributed by atoms with E-state index in [2.05, 4.69) is 25.6 Å². The van der Waals surface area contributed by atoms with Crippen LogP contribution < -0.4 is 10.6 Å². The molecule has 1 rings (SSSR count). The molecule has 0 saturated carbocycles. The molecule has 0 aliphatic heterocycles. The second-order valence-corrected chi connectivity index (χ2v) is 3.28. The van der Waals surface area contributed by atoms with Gasteiger partial charge in [-0.3, -0.25) is 0 Å². The van der Waals surface area contributed by atoms with Crippen LogP contribution >= 0.6 is 11.6 Å². The van der Waals surface area contributed by atoms with Crippen molar-refractivity contribution < 1.29 is 5.11 Å². The molecule has 0 aromatic carbocycles. The molecule has 15 heavy (non-hydrogen) atoms. The first-order chi connectivity index (χ1) is 7.15. The lowest BCUT2D eigenvalue weighted by molar-refractivity contribution is 0.183. The lowest BCUT2D eigenvalue weighted by Crippen LogP contribution is -2.19. The van der Waals surface area contributed by atoms with Gasteiger partial charge in [0.25, 0.3) is 0 Å². The molecular weight excluding hydrogens is 218 g/mol. The largest absolute Gasteiger partial charge is 0.391 e. The molecule has 0 spiro atoms. The maximum absolute atomic E-state index is 9.33. The van der Waals surface area contributed by atoms with Crippen LogP contribution in [0.2, 0.25) is 5.28 Å². The average Bonchev–Trinajstić information content (AvgIpc) is 2.25. The SMILES string of the molecule is CCC(O)CNc1nc(Cl)nc(NC)n1.